The molecule has 0 spiro atoms. The van der Waals surface area contributed by atoms with Gasteiger partial charge in [0.1, 0.15) is 0 Å². The molecule has 2 amide bonds. The number of carbonyl (C=O) groups is 1. The van der Waals surface area contributed by atoms with Crippen molar-refractivity contribution < 1.29 is 62.1 Å². The monoisotopic (exact) mass is 323 g/mol. The molecule has 9 heteroatoms. The minimum absolute atomic E-state index is 0. The minimum atomic E-state index is -1.08. The molecule has 0 aromatic heterocycles. The van der Waals surface area contributed by atoms with Crippen LogP contribution in [0.4, 0.5) is 0 Å². The van der Waals surface area contributed by atoms with Crippen LogP contribution in [0.5, 0.6) is 0 Å². The second-order valence-electron chi connectivity index (χ2n) is 1.47. The molecule has 8 nitrogen and oxygen atoms in total. The van der Waals surface area contributed by atoms with Gasteiger partial charge < -0.3 is 35.2 Å². The van der Waals surface area contributed by atoms with Crippen LogP contribution in [-0.4, -0.2) is 49.1 Å². The van der Waals surface area contributed by atoms with Gasteiger partial charge in [0.25, 0.3) is 0 Å². The summed E-state index contributed by atoms with van der Waals surface area (Å²) in [5, 5.41) is 18.5. The third kappa shape index (κ3) is 714. The van der Waals surface area contributed by atoms with Crippen LogP contribution >= 0.6 is 0 Å². The molecule has 0 aliphatic carbocycles. The molecular weight excluding hydrogens is 309 g/mol. The Balaban J connectivity index is -0.0000000375. The fraction of sp³-hybridized carbons (Fsp3) is 0.375. The molecule has 0 saturated carbocycles. The van der Waals surface area contributed by atoms with Gasteiger partial charge in [0.15, 0.2) is 5.97 Å². The van der Waals surface area contributed by atoms with Crippen molar-refractivity contribution in [3.63, 3.8) is 0 Å². The van der Waals surface area contributed by atoms with Gasteiger partial charge in [-0.2, -0.15) is 12.8 Å². The normalized spacial score (nSPS) is 5.29. The average molecular weight is 323 g/mol. The first-order valence-electron chi connectivity index (χ1n) is 3.68. The zero-order valence-electron chi connectivity index (χ0n) is 9.52. The summed E-state index contributed by atoms with van der Waals surface area (Å²) in [5.41, 5.74) is 0. The number of aliphatic carboxylic acids is 1. The molecule has 17 heavy (non-hydrogen) atoms. The number of aliphatic hydroxyl groups excluding tert-OH is 1. The standard InChI is InChI=1S/C3H6NO.C2H4NO.C2H3O2.CHO2.Y/c1-2-4-3-5;1-3-2-4;1-2(3)4;2-1-3;/h2H2,1H3,(H,4,5);1H3,(H,3,4);1H2,(H,3,4);(H,2,3);/q4*-1;. The van der Waals surface area contributed by atoms with Crippen molar-refractivity contribution in [1.82, 2.24) is 10.6 Å². The summed E-state index contributed by atoms with van der Waals surface area (Å²) in [4.78, 5) is 35.2. The van der Waals surface area contributed by atoms with E-state index in [0.717, 1.165) is 0 Å². The van der Waals surface area contributed by atoms with Crippen molar-refractivity contribution >= 4 is 25.3 Å². The number of carboxylic acid groups (broad SMARTS) is 1. The van der Waals surface area contributed by atoms with E-state index in [1.54, 1.807) is 0 Å². The van der Waals surface area contributed by atoms with Gasteiger partial charge in [-0.1, -0.05) is 13.4 Å². The maximum atomic E-state index is 9.17. The van der Waals surface area contributed by atoms with E-state index in [1.807, 2.05) is 6.92 Å². The van der Waals surface area contributed by atoms with Crippen LogP contribution in [0.3, 0.4) is 0 Å². The summed E-state index contributed by atoms with van der Waals surface area (Å²) in [6.45, 7) is 5.56. The molecule has 0 bridgehead atoms. The second kappa shape index (κ2) is 46.2. The third-order valence-electron chi connectivity index (χ3n) is 0.351. The fourth-order valence-electron chi connectivity index (χ4n) is 0.0722. The second-order valence-corrected chi connectivity index (χ2v) is 1.47. The number of carboxylic acids is 1. The SMILES string of the molecule is CCN[C-]=O.CN[C-]=O.O=[C-]O.[CH2-]C(=O)O.[Y]. The molecule has 0 aromatic carbocycles. The van der Waals surface area contributed by atoms with Gasteiger partial charge in [0.05, 0.1) is 0 Å². The van der Waals surface area contributed by atoms with E-state index < -0.39 is 5.97 Å². The summed E-state index contributed by atoms with van der Waals surface area (Å²) in [6, 6.07) is 0. The summed E-state index contributed by atoms with van der Waals surface area (Å²) < 4.78 is 0. The number of hydrogen-bond acceptors (Lipinski definition) is 4. The van der Waals surface area contributed by atoms with Crippen molar-refractivity contribution in [2.24, 2.45) is 0 Å². The van der Waals surface area contributed by atoms with Crippen LogP contribution in [0.2, 0.25) is 0 Å². The van der Waals surface area contributed by atoms with E-state index in [-0.39, 0.29) is 32.7 Å². The number of carbonyl (C=O) groups excluding carboxylic acids is 2. The number of nitrogens with one attached hydrogen (secondary N) is 2. The van der Waals surface area contributed by atoms with Crippen LogP contribution < -0.4 is 10.6 Å². The van der Waals surface area contributed by atoms with E-state index in [1.165, 1.54) is 19.9 Å². The maximum absolute atomic E-state index is 9.17. The van der Waals surface area contributed by atoms with Gasteiger partial charge in [-0.25, -0.2) is 0 Å². The largest absolute Gasteiger partial charge is 0.665 e. The van der Waals surface area contributed by atoms with E-state index >= 15 is 0 Å². The molecule has 0 rings (SSSR count). The Bertz CT molecular complexity index is 164. The molecular formula is C8H14N2O6Y-4. The first kappa shape index (κ1) is 29.7. The van der Waals surface area contributed by atoms with E-state index in [0.29, 0.717) is 13.0 Å². The van der Waals surface area contributed by atoms with Crippen LogP contribution in [0.1, 0.15) is 6.92 Å². The molecule has 4 N–H and O–H groups in total. The maximum Gasteiger partial charge on any atom is 0.161 e. The Kier molecular flexibility index (Phi) is 80.7. The van der Waals surface area contributed by atoms with Crippen molar-refractivity contribution in [2.45, 2.75) is 6.92 Å². The summed E-state index contributed by atoms with van der Waals surface area (Å²) in [7, 11) is 1.51. The first-order chi connectivity index (χ1) is 7.47. The molecule has 1 radical (unpaired) electrons. The molecule has 0 aromatic rings. The third-order valence-corrected chi connectivity index (χ3v) is 0.351. The number of hydrogen-bond donors (Lipinski definition) is 4. The van der Waals surface area contributed by atoms with Gasteiger partial charge in [-0.15, -0.1) is 0 Å². The molecule has 0 fully saturated rings. The molecule has 0 aliphatic rings. The Morgan fingerprint density at radius 2 is 1.53 bits per heavy atom. The van der Waals surface area contributed by atoms with Gasteiger partial charge in [-0.3, -0.25) is 11.7 Å². The predicted molar refractivity (Wildman–Crippen MR) is 55.4 cm³/mol. The Morgan fingerprint density at radius 3 is 1.53 bits per heavy atom. The smallest absolute Gasteiger partial charge is 0.161 e. The molecule has 0 aliphatic heterocycles. The van der Waals surface area contributed by atoms with Crippen molar-refractivity contribution in [2.75, 3.05) is 13.6 Å². The predicted octanol–water partition coefficient (Wildman–Crippen LogP) is -1.55. The Morgan fingerprint density at radius 1 is 1.29 bits per heavy atom. The van der Waals surface area contributed by atoms with Crippen LogP contribution in [0.25, 0.3) is 0 Å². The Labute approximate surface area is 125 Å². The molecule has 0 unspecified atom stereocenters. The van der Waals surface area contributed by atoms with Gasteiger partial charge in [0, 0.05) is 32.7 Å². The van der Waals surface area contributed by atoms with Crippen molar-refractivity contribution in [3.8, 4) is 0 Å². The quantitative estimate of drug-likeness (QED) is 0.367. The zero-order valence-corrected chi connectivity index (χ0v) is 12.4. The summed E-state index contributed by atoms with van der Waals surface area (Å²) in [5.74, 6) is -1.08. The topological polar surface area (TPSA) is 133 Å². The molecule has 0 heterocycles. The minimum Gasteiger partial charge on any atom is -0.665 e. The molecule has 99 valence electrons. The first-order valence-corrected chi connectivity index (χ1v) is 3.68. The summed E-state index contributed by atoms with van der Waals surface area (Å²) >= 11 is 0. The number of rotatable bonds is 3. The van der Waals surface area contributed by atoms with Crippen LogP contribution in [0, 0.1) is 6.92 Å². The van der Waals surface area contributed by atoms with Gasteiger partial charge >= 0.3 is 0 Å². The Hall–Kier alpha value is -1.15. The fourth-order valence-corrected chi connectivity index (χ4v) is 0.0722. The van der Waals surface area contributed by atoms with Gasteiger partial charge in [0.2, 0.25) is 0 Å². The number of amides is 2. The summed E-state index contributed by atoms with van der Waals surface area (Å²) in [6.07, 6.45) is 2.95. The van der Waals surface area contributed by atoms with Crippen LogP contribution in [-0.2, 0) is 51.9 Å². The van der Waals surface area contributed by atoms with E-state index in [9.17, 15) is 0 Å². The molecule has 0 saturated heterocycles. The average Bonchev–Trinajstić information content (AvgIpc) is 2.20. The van der Waals surface area contributed by atoms with Crippen molar-refractivity contribution in [3.05, 3.63) is 6.92 Å². The molecule has 0 atom stereocenters. The van der Waals surface area contributed by atoms with Crippen molar-refractivity contribution in [1.29, 1.82) is 0 Å². The van der Waals surface area contributed by atoms with Crippen LogP contribution in [0.15, 0.2) is 0 Å². The zero-order chi connectivity index (χ0) is 13.8. The van der Waals surface area contributed by atoms with E-state index in [2.05, 4.69) is 17.6 Å². The van der Waals surface area contributed by atoms with E-state index in [4.69, 9.17) is 29.4 Å². The van der Waals surface area contributed by atoms with Gasteiger partial charge in [-0.05, 0) is 13.6 Å².